The Kier molecular flexibility index (Phi) is 9.88. The predicted molar refractivity (Wildman–Crippen MR) is 130 cm³/mol. The SMILES string of the molecule is CC[C@H](C(=O)NCC(C)C)N(Cc1ccccc1)C(=O)CN(C)S(=O)(=O)c1ccc(Cl)cc1. The molecule has 0 bridgehead atoms. The summed E-state index contributed by atoms with van der Waals surface area (Å²) in [4.78, 5) is 27.8. The maximum Gasteiger partial charge on any atom is 0.243 e. The molecule has 9 heteroatoms. The lowest BCUT2D eigenvalue weighted by Crippen LogP contribution is -2.52. The molecule has 1 atom stereocenters. The monoisotopic (exact) mass is 493 g/mol. The fraction of sp³-hybridized carbons (Fsp3) is 0.417. The van der Waals surface area contributed by atoms with Crippen LogP contribution >= 0.6 is 11.6 Å². The normalized spacial score (nSPS) is 12.6. The molecule has 0 unspecified atom stereocenters. The van der Waals surface area contributed by atoms with Crippen LogP contribution in [0.5, 0.6) is 0 Å². The minimum Gasteiger partial charge on any atom is -0.354 e. The molecule has 7 nitrogen and oxygen atoms in total. The first-order chi connectivity index (χ1) is 15.6. The molecule has 1 N–H and O–H groups in total. The van der Waals surface area contributed by atoms with Crippen molar-refractivity contribution in [3.05, 3.63) is 65.2 Å². The summed E-state index contributed by atoms with van der Waals surface area (Å²) in [6.07, 6.45) is 0.399. The van der Waals surface area contributed by atoms with E-state index in [1.165, 1.54) is 36.2 Å². The third kappa shape index (κ3) is 7.55. The molecule has 2 aromatic rings. The van der Waals surface area contributed by atoms with Crippen LogP contribution in [0, 0.1) is 5.92 Å². The number of likely N-dealkylation sites (N-methyl/N-ethyl adjacent to an activating group) is 1. The van der Waals surface area contributed by atoms with Gasteiger partial charge in [0.15, 0.2) is 0 Å². The molecular formula is C24H32ClN3O4S. The van der Waals surface area contributed by atoms with Crippen molar-refractivity contribution in [1.29, 1.82) is 0 Å². The Labute approximate surface area is 201 Å². The molecule has 0 saturated carbocycles. The second-order valence-electron chi connectivity index (χ2n) is 8.29. The van der Waals surface area contributed by atoms with E-state index in [2.05, 4.69) is 5.32 Å². The van der Waals surface area contributed by atoms with Crippen LogP contribution in [0.3, 0.4) is 0 Å². The molecule has 0 heterocycles. The van der Waals surface area contributed by atoms with Crippen LogP contribution < -0.4 is 5.32 Å². The summed E-state index contributed by atoms with van der Waals surface area (Å²) in [6, 6.07) is 14.4. The fourth-order valence-corrected chi connectivity index (χ4v) is 4.52. The lowest BCUT2D eigenvalue weighted by atomic mass is 10.1. The molecule has 0 fully saturated rings. The summed E-state index contributed by atoms with van der Waals surface area (Å²) < 4.78 is 26.9. The highest BCUT2D eigenvalue weighted by atomic mass is 35.5. The summed E-state index contributed by atoms with van der Waals surface area (Å²) >= 11 is 5.86. The number of amides is 2. The maximum absolute atomic E-state index is 13.4. The van der Waals surface area contributed by atoms with Crippen LogP contribution in [-0.4, -0.2) is 55.6 Å². The summed E-state index contributed by atoms with van der Waals surface area (Å²) in [6.45, 7) is 6.11. The van der Waals surface area contributed by atoms with Gasteiger partial charge in [0.2, 0.25) is 21.8 Å². The number of hydrogen-bond donors (Lipinski definition) is 1. The number of nitrogens with one attached hydrogen (secondary N) is 1. The second-order valence-corrected chi connectivity index (χ2v) is 10.8. The van der Waals surface area contributed by atoms with Crippen molar-refractivity contribution in [3.63, 3.8) is 0 Å². The number of carbonyl (C=O) groups is 2. The standard InChI is InChI=1S/C24H32ClN3O4S/c1-5-22(24(30)26-15-18(2)3)28(16-19-9-7-6-8-10-19)23(29)17-27(4)33(31,32)21-13-11-20(25)12-14-21/h6-14,18,22H,5,15-17H2,1-4H3,(H,26,30)/t22-/m1/s1. The molecule has 0 aliphatic heterocycles. The van der Waals surface area contributed by atoms with E-state index in [0.29, 0.717) is 18.0 Å². The van der Waals surface area contributed by atoms with Crippen molar-refractivity contribution < 1.29 is 18.0 Å². The van der Waals surface area contributed by atoms with Crippen LogP contribution in [0.1, 0.15) is 32.8 Å². The highest BCUT2D eigenvalue weighted by molar-refractivity contribution is 7.89. The van der Waals surface area contributed by atoms with Gasteiger partial charge >= 0.3 is 0 Å². The lowest BCUT2D eigenvalue weighted by Gasteiger charge is -2.32. The quantitative estimate of drug-likeness (QED) is 0.518. The molecule has 2 amide bonds. The van der Waals surface area contributed by atoms with Gasteiger partial charge in [0.05, 0.1) is 11.4 Å². The topological polar surface area (TPSA) is 86.8 Å². The number of nitrogens with zero attached hydrogens (tertiary/aromatic N) is 2. The summed E-state index contributed by atoms with van der Waals surface area (Å²) in [5, 5.41) is 3.31. The zero-order valence-corrected chi connectivity index (χ0v) is 21.1. The molecular weight excluding hydrogens is 462 g/mol. The van der Waals surface area contributed by atoms with Gasteiger partial charge in [-0.05, 0) is 42.2 Å². The first kappa shape index (κ1) is 26.8. The van der Waals surface area contributed by atoms with E-state index >= 15 is 0 Å². The van der Waals surface area contributed by atoms with Crippen LogP contribution in [0.4, 0.5) is 0 Å². The van der Waals surface area contributed by atoms with Crippen molar-refractivity contribution >= 4 is 33.4 Å². The van der Waals surface area contributed by atoms with Gasteiger partial charge in [-0.1, -0.05) is 62.7 Å². The van der Waals surface area contributed by atoms with E-state index < -0.39 is 28.5 Å². The average molecular weight is 494 g/mol. The third-order valence-electron chi connectivity index (χ3n) is 5.15. The van der Waals surface area contributed by atoms with Gasteiger partial charge in [-0.3, -0.25) is 9.59 Å². The van der Waals surface area contributed by atoms with E-state index in [-0.39, 0.29) is 23.3 Å². The molecule has 33 heavy (non-hydrogen) atoms. The van der Waals surface area contributed by atoms with Gasteiger partial charge in [-0.15, -0.1) is 0 Å². The fourth-order valence-electron chi connectivity index (χ4n) is 3.27. The predicted octanol–water partition coefficient (Wildman–Crippen LogP) is 3.54. The Morgan fingerprint density at radius 2 is 1.64 bits per heavy atom. The number of rotatable bonds is 11. The first-order valence-corrected chi connectivity index (χ1v) is 12.7. The molecule has 0 aliphatic rings. The largest absolute Gasteiger partial charge is 0.354 e. The van der Waals surface area contributed by atoms with Gasteiger partial charge in [0, 0.05) is 25.2 Å². The van der Waals surface area contributed by atoms with Crippen LogP contribution in [0.15, 0.2) is 59.5 Å². The Morgan fingerprint density at radius 1 is 1.03 bits per heavy atom. The molecule has 2 rings (SSSR count). The van der Waals surface area contributed by atoms with Crippen molar-refractivity contribution in [2.24, 2.45) is 5.92 Å². The minimum atomic E-state index is -3.90. The Hall–Kier alpha value is -2.42. The summed E-state index contributed by atoms with van der Waals surface area (Å²) in [7, 11) is -2.56. The maximum atomic E-state index is 13.4. The number of carbonyl (C=O) groups excluding carboxylic acids is 2. The van der Waals surface area contributed by atoms with Crippen LogP contribution in [-0.2, 0) is 26.2 Å². The van der Waals surface area contributed by atoms with E-state index in [1.54, 1.807) is 0 Å². The second kappa shape index (κ2) is 12.2. The highest BCUT2D eigenvalue weighted by Gasteiger charge is 2.31. The van der Waals surface area contributed by atoms with Crippen molar-refractivity contribution in [2.45, 2.75) is 44.7 Å². The molecule has 180 valence electrons. The zero-order chi connectivity index (χ0) is 24.6. The number of sulfonamides is 1. The number of benzene rings is 2. The Morgan fingerprint density at radius 3 is 2.18 bits per heavy atom. The van der Waals surface area contributed by atoms with Gasteiger partial charge < -0.3 is 10.2 Å². The highest BCUT2D eigenvalue weighted by Crippen LogP contribution is 2.19. The smallest absolute Gasteiger partial charge is 0.243 e. The number of hydrogen-bond acceptors (Lipinski definition) is 4. The lowest BCUT2D eigenvalue weighted by molar-refractivity contribution is -0.141. The Balaban J connectivity index is 2.28. The van der Waals surface area contributed by atoms with E-state index in [4.69, 9.17) is 11.6 Å². The van der Waals surface area contributed by atoms with Crippen LogP contribution in [0.25, 0.3) is 0 Å². The molecule has 0 spiro atoms. The first-order valence-electron chi connectivity index (χ1n) is 10.9. The van der Waals surface area contributed by atoms with Gasteiger partial charge in [0.25, 0.3) is 0 Å². The van der Waals surface area contributed by atoms with Crippen molar-refractivity contribution in [1.82, 2.24) is 14.5 Å². The third-order valence-corrected chi connectivity index (χ3v) is 7.22. The minimum absolute atomic E-state index is 0.0403. The molecule has 0 radical (unpaired) electrons. The van der Waals surface area contributed by atoms with E-state index in [9.17, 15) is 18.0 Å². The molecule has 0 aliphatic carbocycles. The molecule has 0 saturated heterocycles. The number of halogens is 1. The van der Waals surface area contributed by atoms with Gasteiger partial charge in [-0.25, -0.2) is 8.42 Å². The van der Waals surface area contributed by atoms with E-state index in [1.807, 2.05) is 51.1 Å². The Bertz CT molecular complexity index is 1030. The van der Waals surface area contributed by atoms with Gasteiger partial charge in [-0.2, -0.15) is 4.31 Å². The van der Waals surface area contributed by atoms with Crippen molar-refractivity contribution in [2.75, 3.05) is 20.1 Å². The average Bonchev–Trinajstić information content (AvgIpc) is 2.78. The zero-order valence-electron chi connectivity index (χ0n) is 19.5. The van der Waals surface area contributed by atoms with Crippen LogP contribution in [0.2, 0.25) is 5.02 Å². The summed E-state index contributed by atoms with van der Waals surface area (Å²) in [5.41, 5.74) is 0.851. The van der Waals surface area contributed by atoms with E-state index in [0.717, 1.165) is 9.87 Å². The van der Waals surface area contributed by atoms with Gasteiger partial charge in [0.1, 0.15) is 6.04 Å². The molecule has 2 aromatic carbocycles. The molecule has 0 aromatic heterocycles. The van der Waals surface area contributed by atoms with Crippen molar-refractivity contribution in [3.8, 4) is 0 Å². The summed E-state index contributed by atoms with van der Waals surface area (Å²) in [5.74, 6) is -0.440.